The lowest BCUT2D eigenvalue weighted by molar-refractivity contribution is 0.774. The molecule has 0 aliphatic heterocycles. The number of rotatable bonds is 6. The lowest BCUT2D eigenvalue weighted by Crippen LogP contribution is -2.05. The van der Waals surface area contributed by atoms with Gasteiger partial charge in [0.05, 0.1) is 11.4 Å². The molecule has 0 spiro atoms. The van der Waals surface area contributed by atoms with Crippen LogP contribution >= 0.6 is 0 Å². The largest absolute Gasteiger partial charge is 0.383 e. The third-order valence-electron chi connectivity index (χ3n) is 2.02. The Balaban J connectivity index is 2.45. The molecule has 3 nitrogen and oxygen atoms in total. The molecule has 3 N–H and O–H groups in total. The van der Waals surface area contributed by atoms with Crippen molar-refractivity contribution in [2.24, 2.45) is 10.7 Å². The lowest BCUT2D eigenvalue weighted by atomic mass is 10.2. The van der Waals surface area contributed by atoms with Gasteiger partial charge in [0, 0.05) is 6.54 Å². The number of hydrogen-bond acceptors (Lipinski definition) is 3. The standard InChI is InChI=1S/C11H17N3/c1-13-10-6-2-3-7-11(10)14-9-5-4-8-12/h2-3,6-7,14H,1,4-5,8-9,12H2. The molecule has 76 valence electrons. The van der Waals surface area contributed by atoms with Crippen LogP contribution in [0, 0.1) is 0 Å². The van der Waals surface area contributed by atoms with Gasteiger partial charge in [-0.3, -0.25) is 4.99 Å². The number of benzene rings is 1. The quantitative estimate of drug-likeness (QED) is 0.535. The molecule has 0 fully saturated rings. The Hall–Kier alpha value is -1.35. The zero-order valence-electron chi connectivity index (χ0n) is 8.37. The number of aliphatic imine (C=N–C) groups is 1. The Morgan fingerprint density at radius 2 is 2.07 bits per heavy atom. The second-order valence-corrected chi connectivity index (χ2v) is 3.10. The Labute approximate surface area is 85.0 Å². The lowest BCUT2D eigenvalue weighted by Gasteiger charge is -2.07. The van der Waals surface area contributed by atoms with E-state index in [4.69, 9.17) is 5.73 Å². The van der Waals surface area contributed by atoms with Crippen LogP contribution in [0.15, 0.2) is 29.3 Å². The van der Waals surface area contributed by atoms with E-state index >= 15 is 0 Å². The number of nitrogens with zero attached hydrogens (tertiary/aromatic N) is 1. The maximum Gasteiger partial charge on any atom is 0.0853 e. The highest BCUT2D eigenvalue weighted by molar-refractivity contribution is 5.67. The maximum atomic E-state index is 5.41. The first kappa shape index (κ1) is 10.7. The van der Waals surface area contributed by atoms with Crippen molar-refractivity contribution in [3.05, 3.63) is 24.3 Å². The maximum absolute atomic E-state index is 5.41. The monoisotopic (exact) mass is 191 g/mol. The normalized spacial score (nSPS) is 9.79. The summed E-state index contributed by atoms with van der Waals surface area (Å²) in [4.78, 5) is 3.93. The minimum absolute atomic E-state index is 0.753. The van der Waals surface area contributed by atoms with Crippen LogP contribution in [0.4, 0.5) is 11.4 Å². The molecule has 0 aliphatic rings. The van der Waals surface area contributed by atoms with Gasteiger partial charge >= 0.3 is 0 Å². The first-order valence-corrected chi connectivity index (χ1v) is 4.88. The molecule has 0 aliphatic carbocycles. The van der Waals surface area contributed by atoms with Gasteiger partial charge in [-0.2, -0.15) is 0 Å². The summed E-state index contributed by atoms with van der Waals surface area (Å²) in [6, 6.07) is 7.89. The van der Waals surface area contributed by atoms with E-state index in [0.29, 0.717) is 0 Å². The fraction of sp³-hybridized carbons (Fsp3) is 0.364. The van der Waals surface area contributed by atoms with Crippen LogP contribution in [0.3, 0.4) is 0 Å². The topological polar surface area (TPSA) is 50.4 Å². The van der Waals surface area contributed by atoms with Gasteiger partial charge in [-0.1, -0.05) is 12.1 Å². The van der Waals surface area contributed by atoms with Gasteiger partial charge < -0.3 is 11.1 Å². The summed E-state index contributed by atoms with van der Waals surface area (Å²) in [6.45, 7) is 5.21. The van der Waals surface area contributed by atoms with E-state index in [9.17, 15) is 0 Å². The van der Waals surface area contributed by atoms with Crippen molar-refractivity contribution < 1.29 is 0 Å². The minimum atomic E-state index is 0.753. The van der Waals surface area contributed by atoms with E-state index in [1.165, 1.54) is 0 Å². The van der Waals surface area contributed by atoms with E-state index in [-0.39, 0.29) is 0 Å². The summed E-state index contributed by atoms with van der Waals surface area (Å²) < 4.78 is 0. The first-order valence-electron chi connectivity index (χ1n) is 4.88. The van der Waals surface area contributed by atoms with Crippen molar-refractivity contribution in [1.82, 2.24) is 0 Å². The van der Waals surface area contributed by atoms with Crippen LogP contribution in [0.25, 0.3) is 0 Å². The van der Waals surface area contributed by atoms with Crippen molar-refractivity contribution in [3.8, 4) is 0 Å². The van der Waals surface area contributed by atoms with Crippen LogP contribution in [0.2, 0.25) is 0 Å². The number of para-hydroxylation sites is 2. The number of unbranched alkanes of at least 4 members (excludes halogenated alkanes) is 1. The van der Waals surface area contributed by atoms with E-state index in [1.54, 1.807) is 0 Å². The van der Waals surface area contributed by atoms with Gasteiger partial charge in [-0.15, -0.1) is 0 Å². The summed E-state index contributed by atoms with van der Waals surface area (Å²) in [6.07, 6.45) is 2.14. The van der Waals surface area contributed by atoms with Crippen LogP contribution in [-0.4, -0.2) is 19.8 Å². The number of hydrogen-bond donors (Lipinski definition) is 2. The summed E-state index contributed by atoms with van der Waals surface area (Å²) in [5, 5.41) is 3.31. The van der Waals surface area contributed by atoms with Gasteiger partial charge in [-0.05, 0) is 38.2 Å². The molecular weight excluding hydrogens is 174 g/mol. The van der Waals surface area contributed by atoms with Crippen LogP contribution in [0.1, 0.15) is 12.8 Å². The second kappa shape index (κ2) is 6.16. The molecule has 0 amide bonds. The third-order valence-corrected chi connectivity index (χ3v) is 2.02. The van der Waals surface area contributed by atoms with E-state index < -0.39 is 0 Å². The minimum Gasteiger partial charge on any atom is -0.383 e. The molecule has 0 unspecified atom stereocenters. The predicted molar refractivity (Wildman–Crippen MR) is 62.4 cm³/mol. The smallest absolute Gasteiger partial charge is 0.0853 e. The van der Waals surface area contributed by atoms with E-state index in [1.807, 2.05) is 24.3 Å². The molecule has 1 aromatic rings. The molecule has 0 radical (unpaired) electrons. The molecule has 0 saturated carbocycles. The SMILES string of the molecule is C=Nc1ccccc1NCCCCN. The molecule has 3 heteroatoms. The predicted octanol–water partition coefficient (Wildman–Crippen LogP) is 2.17. The van der Waals surface area contributed by atoms with Crippen molar-refractivity contribution in [3.63, 3.8) is 0 Å². The molecular formula is C11H17N3. The van der Waals surface area contributed by atoms with Gasteiger partial charge in [0.2, 0.25) is 0 Å². The third kappa shape index (κ3) is 3.18. The van der Waals surface area contributed by atoms with Crippen molar-refractivity contribution in [2.75, 3.05) is 18.4 Å². The summed E-state index contributed by atoms with van der Waals surface area (Å²) >= 11 is 0. The van der Waals surface area contributed by atoms with Gasteiger partial charge in [-0.25, -0.2) is 0 Å². The summed E-state index contributed by atoms with van der Waals surface area (Å²) in [5.74, 6) is 0. The highest BCUT2D eigenvalue weighted by Gasteiger charge is 1.96. The fourth-order valence-electron chi connectivity index (χ4n) is 1.25. The first-order chi connectivity index (χ1) is 6.88. The molecule has 0 heterocycles. The van der Waals surface area contributed by atoms with E-state index in [0.717, 1.165) is 37.3 Å². The number of anilines is 1. The zero-order valence-corrected chi connectivity index (χ0v) is 8.37. The molecule has 1 aromatic carbocycles. The average Bonchev–Trinajstić information content (AvgIpc) is 2.25. The van der Waals surface area contributed by atoms with Gasteiger partial charge in [0.1, 0.15) is 0 Å². The van der Waals surface area contributed by atoms with Crippen LogP contribution in [-0.2, 0) is 0 Å². The highest BCUT2D eigenvalue weighted by atomic mass is 14.9. The van der Waals surface area contributed by atoms with Crippen LogP contribution in [0.5, 0.6) is 0 Å². The second-order valence-electron chi connectivity index (χ2n) is 3.10. The summed E-state index contributed by atoms with van der Waals surface area (Å²) in [5.41, 5.74) is 7.35. The van der Waals surface area contributed by atoms with Crippen molar-refractivity contribution >= 4 is 18.1 Å². The molecule has 0 saturated heterocycles. The van der Waals surface area contributed by atoms with Crippen molar-refractivity contribution in [1.29, 1.82) is 0 Å². The Bertz CT molecular complexity index is 284. The van der Waals surface area contributed by atoms with Gasteiger partial charge in [0.25, 0.3) is 0 Å². The Morgan fingerprint density at radius 1 is 1.29 bits per heavy atom. The molecule has 0 atom stereocenters. The van der Waals surface area contributed by atoms with Gasteiger partial charge in [0.15, 0.2) is 0 Å². The fourth-order valence-corrected chi connectivity index (χ4v) is 1.25. The molecule has 14 heavy (non-hydrogen) atoms. The Kier molecular flexibility index (Phi) is 4.72. The van der Waals surface area contributed by atoms with Crippen LogP contribution < -0.4 is 11.1 Å². The molecule has 1 rings (SSSR count). The molecule has 0 aromatic heterocycles. The highest BCUT2D eigenvalue weighted by Crippen LogP contribution is 2.23. The number of nitrogens with two attached hydrogens (primary N) is 1. The summed E-state index contributed by atoms with van der Waals surface area (Å²) in [7, 11) is 0. The number of nitrogens with one attached hydrogen (secondary N) is 1. The average molecular weight is 191 g/mol. The van der Waals surface area contributed by atoms with E-state index in [2.05, 4.69) is 17.0 Å². The van der Waals surface area contributed by atoms with Crippen molar-refractivity contribution in [2.45, 2.75) is 12.8 Å². The zero-order chi connectivity index (χ0) is 10.2. The Morgan fingerprint density at radius 3 is 2.79 bits per heavy atom. The molecule has 0 bridgehead atoms.